The number of rotatable bonds is 4. The van der Waals surface area contributed by atoms with E-state index in [4.69, 9.17) is 0 Å². The van der Waals surface area contributed by atoms with Crippen molar-refractivity contribution in [2.45, 2.75) is 37.8 Å². The lowest BCUT2D eigenvalue weighted by Gasteiger charge is -2.18. The second kappa shape index (κ2) is 7.25. The molecular formula is C16H23ClN2O2. The number of hydrogen-bond acceptors (Lipinski definition) is 3. The Hall–Kier alpha value is -1.10. The summed E-state index contributed by atoms with van der Waals surface area (Å²) in [5.41, 5.74) is 2.21. The number of amides is 1. The normalized spacial score (nSPS) is 27.0. The molecule has 0 saturated carbocycles. The maximum Gasteiger partial charge on any atom is 0.220 e. The van der Waals surface area contributed by atoms with Crippen molar-refractivity contribution in [1.82, 2.24) is 10.6 Å². The number of halogens is 1. The Bertz CT molecular complexity index is 489. The van der Waals surface area contributed by atoms with Crippen LogP contribution >= 0.6 is 12.4 Å². The van der Waals surface area contributed by atoms with E-state index in [1.54, 1.807) is 0 Å². The van der Waals surface area contributed by atoms with Crippen LogP contribution in [0.25, 0.3) is 0 Å². The summed E-state index contributed by atoms with van der Waals surface area (Å²) in [7, 11) is 0. The molecule has 116 valence electrons. The third-order valence-electron chi connectivity index (χ3n) is 4.46. The van der Waals surface area contributed by atoms with Crippen LogP contribution in [0, 0.1) is 5.92 Å². The zero-order valence-corrected chi connectivity index (χ0v) is 12.9. The Balaban J connectivity index is 0.00000161. The molecule has 0 radical (unpaired) electrons. The molecule has 1 fully saturated rings. The maximum absolute atomic E-state index is 12.1. The van der Waals surface area contributed by atoms with Gasteiger partial charge in [0.05, 0.1) is 12.1 Å². The van der Waals surface area contributed by atoms with Crippen molar-refractivity contribution in [2.75, 3.05) is 13.1 Å². The quantitative estimate of drug-likeness (QED) is 0.791. The summed E-state index contributed by atoms with van der Waals surface area (Å²) >= 11 is 0. The van der Waals surface area contributed by atoms with E-state index < -0.39 is 6.10 Å². The number of carbonyl (C=O) groups is 1. The van der Waals surface area contributed by atoms with E-state index in [0.717, 1.165) is 30.6 Å². The fourth-order valence-corrected chi connectivity index (χ4v) is 3.29. The molecule has 0 aromatic heterocycles. The fourth-order valence-electron chi connectivity index (χ4n) is 3.29. The molecule has 0 bridgehead atoms. The molecule has 2 aliphatic rings. The molecule has 3 rings (SSSR count). The van der Waals surface area contributed by atoms with Crippen LogP contribution in [-0.2, 0) is 11.2 Å². The van der Waals surface area contributed by atoms with E-state index in [9.17, 15) is 9.90 Å². The molecular weight excluding hydrogens is 288 g/mol. The predicted molar refractivity (Wildman–Crippen MR) is 84.5 cm³/mol. The maximum atomic E-state index is 12.1. The van der Waals surface area contributed by atoms with Crippen LogP contribution in [0.4, 0.5) is 0 Å². The van der Waals surface area contributed by atoms with Crippen LogP contribution in [0.15, 0.2) is 24.3 Å². The minimum absolute atomic E-state index is 0. The van der Waals surface area contributed by atoms with Gasteiger partial charge in [0, 0.05) is 12.8 Å². The Morgan fingerprint density at radius 1 is 1.38 bits per heavy atom. The first kappa shape index (κ1) is 16.3. The number of nitrogens with one attached hydrogen (secondary N) is 2. The molecule has 21 heavy (non-hydrogen) atoms. The van der Waals surface area contributed by atoms with Gasteiger partial charge >= 0.3 is 0 Å². The second-order valence-electron chi connectivity index (χ2n) is 5.91. The SMILES string of the molecule is Cl.O=C(CCC1CCNC1)N[C@H]1c2ccccc2C[C@H]1O. The van der Waals surface area contributed by atoms with Crippen molar-refractivity contribution >= 4 is 18.3 Å². The zero-order chi connectivity index (χ0) is 13.9. The molecule has 0 spiro atoms. The monoisotopic (exact) mass is 310 g/mol. The number of hydrogen-bond donors (Lipinski definition) is 3. The van der Waals surface area contributed by atoms with Gasteiger partial charge in [-0.2, -0.15) is 0 Å². The number of carbonyl (C=O) groups excluding carboxylic acids is 1. The Labute approximate surface area is 131 Å². The van der Waals surface area contributed by atoms with E-state index in [2.05, 4.69) is 10.6 Å². The first-order chi connectivity index (χ1) is 9.74. The summed E-state index contributed by atoms with van der Waals surface area (Å²) in [6.07, 6.45) is 2.79. The molecule has 1 heterocycles. The summed E-state index contributed by atoms with van der Waals surface area (Å²) in [6, 6.07) is 7.72. The van der Waals surface area contributed by atoms with Crippen LogP contribution in [0.1, 0.15) is 36.4 Å². The van der Waals surface area contributed by atoms with Gasteiger partial charge in [0.2, 0.25) is 5.91 Å². The number of fused-ring (bicyclic) bond motifs is 1. The van der Waals surface area contributed by atoms with E-state index in [-0.39, 0.29) is 24.4 Å². The molecule has 3 atom stereocenters. The molecule has 1 aromatic carbocycles. The van der Waals surface area contributed by atoms with Gasteiger partial charge in [-0.1, -0.05) is 24.3 Å². The van der Waals surface area contributed by atoms with Crippen LogP contribution in [0.2, 0.25) is 0 Å². The van der Waals surface area contributed by atoms with Gasteiger partial charge in [-0.25, -0.2) is 0 Å². The third-order valence-corrected chi connectivity index (χ3v) is 4.46. The number of aliphatic hydroxyl groups is 1. The average molecular weight is 311 g/mol. The van der Waals surface area contributed by atoms with Crippen LogP contribution in [0.5, 0.6) is 0 Å². The van der Waals surface area contributed by atoms with E-state index in [0.29, 0.717) is 18.8 Å². The molecule has 1 aliphatic heterocycles. The molecule has 1 aromatic rings. The van der Waals surface area contributed by atoms with Crippen LogP contribution in [-0.4, -0.2) is 30.2 Å². The smallest absolute Gasteiger partial charge is 0.220 e. The predicted octanol–water partition coefficient (Wildman–Crippen LogP) is 1.57. The van der Waals surface area contributed by atoms with Crippen molar-refractivity contribution in [3.63, 3.8) is 0 Å². The zero-order valence-electron chi connectivity index (χ0n) is 12.0. The van der Waals surface area contributed by atoms with Crippen molar-refractivity contribution in [3.05, 3.63) is 35.4 Å². The lowest BCUT2D eigenvalue weighted by Crippen LogP contribution is -2.34. The fraction of sp³-hybridized carbons (Fsp3) is 0.562. The first-order valence-corrected chi connectivity index (χ1v) is 7.50. The van der Waals surface area contributed by atoms with E-state index in [1.807, 2.05) is 24.3 Å². The summed E-state index contributed by atoms with van der Waals surface area (Å²) < 4.78 is 0. The van der Waals surface area contributed by atoms with Gasteiger partial charge in [-0.3, -0.25) is 4.79 Å². The van der Waals surface area contributed by atoms with E-state index in [1.165, 1.54) is 6.42 Å². The lowest BCUT2D eigenvalue weighted by atomic mass is 10.0. The Morgan fingerprint density at radius 2 is 2.19 bits per heavy atom. The van der Waals surface area contributed by atoms with E-state index >= 15 is 0 Å². The molecule has 1 unspecified atom stereocenters. The molecule has 1 amide bonds. The summed E-state index contributed by atoms with van der Waals surface area (Å²) in [5, 5.41) is 16.4. The highest BCUT2D eigenvalue weighted by Gasteiger charge is 2.31. The number of aliphatic hydroxyl groups excluding tert-OH is 1. The topological polar surface area (TPSA) is 61.4 Å². The van der Waals surface area contributed by atoms with Crippen molar-refractivity contribution in [2.24, 2.45) is 5.92 Å². The minimum atomic E-state index is -0.496. The highest BCUT2D eigenvalue weighted by molar-refractivity contribution is 5.85. The van der Waals surface area contributed by atoms with Gasteiger partial charge in [-0.05, 0) is 43.0 Å². The first-order valence-electron chi connectivity index (χ1n) is 7.50. The third kappa shape index (κ3) is 3.76. The van der Waals surface area contributed by atoms with Crippen LogP contribution in [0.3, 0.4) is 0 Å². The summed E-state index contributed by atoms with van der Waals surface area (Å²) in [5.74, 6) is 0.680. The van der Waals surface area contributed by atoms with Gasteiger partial charge in [0.25, 0.3) is 0 Å². The highest BCUT2D eigenvalue weighted by Crippen LogP contribution is 2.31. The highest BCUT2D eigenvalue weighted by atomic mass is 35.5. The van der Waals surface area contributed by atoms with Gasteiger partial charge in [-0.15, -0.1) is 12.4 Å². The Morgan fingerprint density at radius 3 is 2.95 bits per heavy atom. The summed E-state index contributed by atoms with van der Waals surface area (Å²) in [6.45, 7) is 2.10. The van der Waals surface area contributed by atoms with Gasteiger partial charge in [0.15, 0.2) is 0 Å². The number of benzene rings is 1. The Kier molecular flexibility index (Phi) is 5.62. The van der Waals surface area contributed by atoms with Gasteiger partial charge < -0.3 is 15.7 Å². The summed E-state index contributed by atoms with van der Waals surface area (Å²) in [4.78, 5) is 12.1. The molecule has 4 nitrogen and oxygen atoms in total. The molecule has 3 N–H and O–H groups in total. The molecule has 1 saturated heterocycles. The standard InChI is InChI=1S/C16H22N2O2.ClH/c19-14-9-12-3-1-2-4-13(12)16(14)18-15(20)6-5-11-7-8-17-10-11;/h1-4,11,14,16-17,19H,5-10H2,(H,18,20);1H/t11?,14-,16+;/m1./s1. The largest absolute Gasteiger partial charge is 0.390 e. The second-order valence-corrected chi connectivity index (χ2v) is 5.91. The minimum Gasteiger partial charge on any atom is -0.390 e. The lowest BCUT2D eigenvalue weighted by molar-refractivity contribution is -0.122. The van der Waals surface area contributed by atoms with Crippen LogP contribution < -0.4 is 10.6 Å². The average Bonchev–Trinajstić information content (AvgIpc) is 3.06. The molecule has 5 heteroatoms. The van der Waals surface area contributed by atoms with Crippen molar-refractivity contribution < 1.29 is 9.90 Å². The molecule has 1 aliphatic carbocycles. The van der Waals surface area contributed by atoms with Gasteiger partial charge in [0.1, 0.15) is 0 Å². The van der Waals surface area contributed by atoms with Crippen molar-refractivity contribution in [3.8, 4) is 0 Å². The van der Waals surface area contributed by atoms with Crippen molar-refractivity contribution in [1.29, 1.82) is 0 Å².